The molecule has 2 aromatic rings. The van der Waals surface area contributed by atoms with Gasteiger partial charge in [0.25, 0.3) is 5.91 Å². The van der Waals surface area contributed by atoms with E-state index >= 15 is 0 Å². The fraction of sp³-hybridized carbons (Fsp3) is 0.235. The second kappa shape index (κ2) is 7.15. The predicted molar refractivity (Wildman–Crippen MR) is 91.5 cm³/mol. The number of hydrogen-bond donors (Lipinski definition) is 1. The number of carbonyl (C=O) groups excluding carboxylic acids is 1. The molecule has 1 unspecified atom stereocenters. The van der Waals surface area contributed by atoms with Crippen LogP contribution in [0.5, 0.6) is 0 Å². The molecule has 0 aromatic heterocycles. The van der Waals surface area contributed by atoms with Crippen molar-refractivity contribution < 1.29 is 13.2 Å². The van der Waals surface area contributed by atoms with E-state index in [9.17, 15) is 13.2 Å². The molecule has 1 amide bonds. The molecule has 4 nitrogen and oxygen atoms in total. The third-order valence-electron chi connectivity index (χ3n) is 3.51. The molecule has 0 aliphatic rings. The van der Waals surface area contributed by atoms with E-state index in [-0.39, 0.29) is 16.8 Å². The monoisotopic (exact) mass is 351 g/mol. The summed E-state index contributed by atoms with van der Waals surface area (Å²) >= 11 is 5.88. The first-order valence-electron chi connectivity index (χ1n) is 7.17. The second-order valence-electron chi connectivity index (χ2n) is 5.29. The number of carbonyl (C=O) groups is 1. The standard InChI is InChI=1S/C17H18ClNO3S/c1-3-16(12-7-9-14(18)10-8-12)19-17(20)13-5-4-6-15(11-13)23(2,21)22/h4-11,16H,3H2,1-2H3,(H,19,20). The first-order valence-corrected chi connectivity index (χ1v) is 9.44. The van der Waals surface area contributed by atoms with Crippen molar-refractivity contribution in [1.29, 1.82) is 0 Å². The first-order chi connectivity index (χ1) is 10.8. The average molecular weight is 352 g/mol. The van der Waals surface area contributed by atoms with Gasteiger partial charge in [0.15, 0.2) is 9.84 Å². The highest BCUT2D eigenvalue weighted by Gasteiger charge is 2.16. The van der Waals surface area contributed by atoms with Gasteiger partial charge in [0.05, 0.1) is 10.9 Å². The summed E-state index contributed by atoms with van der Waals surface area (Å²) in [5.41, 5.74) is 1.27. The van der Waals surface area contributed by atoms with Gasteiger partial charge in [-0.1, -0.05) is 36.7 Å². The number of amides is 1. The fourth-order valence-corrected chi connectivity index (χ4v) is 3.02. The van der Waals surface area contributed by atoms with Crippen molar-refractivity contribution in [1.82, 2.24) is 5.32 Å². The molecule has 0 bridgehead atoms. The highest BCUT2D eigenvalue weighted by molar-refractivity contribution is 7.90. The van der Waals surface area contributed by atoms with Crippen LogP contribution in [0.4, 0.5) is 0 Å². The Bertz CT molecular complexity index is 801. The zero-order valence-corrected chi connectivity index (χ0v) is 14.5. The van der Waals surface area contributed by atoms with Gasteiger partial charge in [-0.05, 0) is 42.3 Å². The van der Waals surface area contributed by atoms with E-state index in [1.54, 1.807) is 24.3 Å². The van der Waals surface area contributed by atoms with Crippen LogP contribution in [-0.4, -0.2) is 20.6 Å². The lowest BCUT2D eigenvalue weighted by Crippen LogP contribution is -2.28. The highest BCUT2D eigenvalue weighted by Crippen LogP contribution is 2.20. The molecule has 0 heterocycles. The molecule has 0 radical (unpaired) electrons. The van der Waals surface area contributed by atoms with Crippen LogP contribution in [0.15, 0.2) is 53.4 Å². The van der Waals surface area contributed by atoms with E-state index in [2.05, 4.69) is 5.32 Å². The Morgan fingerprint density at radius 1 is 1.17 bits per heavy atom. The average Bonchev–Trinajstić information content (AvgIpc) is 2.52. The molecule has 1 atom stereocenters. The molecule has 23 heavy (non-hydrogen) atoms. The minimum Gasteiger partial charge on any atom is -0.345 e. The third kappa shape index (κ3) is 4.56. The van der Waals surface area contributed by atoms with Gasteiger partial charge in [-0.2, -0.15) is 0 Å². The number of benzene rings is 2. The van der Waals surface area contributed by atoms with Gasteiger partial charge in [0, 0.05) is 16.8 Å². The molecule has 0 saturated carbocycles. The Morgan fingerprint density at radius 2 is 1.83 bits per heavy atom. The van der Waals surface area contributed by atoms with Crippen LogP contribution < -0.4 is 5.32 Å². The quantitative estimate of drug-likeness (QED) is 0.894. The van der Waals surface area contributed by atoms with Gasteiger partial charge in [0.2, 0.25) is 0 Å². The Morgan fingerprint density at radius 3 is 2.39 bits per heavy atom. The van der Waals surface area contributed by atoms with Crippen LogP contribution >= 0.6 is 11.6 Å². The molecule has 122 valence electrons. The number of sulfone groups is 1. The van der Waals surface area contributed by atoms with Crippen LogP contribution in [0, 0.1) is 0 Å². The van der Waals surface area contributed by atoms with Crippen molar-refractivity contribution in [3.63, 3.8) is 0 Å². The van der Waals surface area contributed by atoms with Gasteiger partial charge in [-0.15, -0.1) is 0 Å². The van der Waals surface area contributed by atoms with Gasteiger partial charge < -0.3 is 5.32 Å². The molecule has 1 N–H and O–H groups in total. The van der Waals surface area contributed by atoms with Crippen LogP contribution in [0.2, 0.25) is 5.02 Å². The molecule has 2 rings (SSSR count). The van der Waals surface area contributed by atoms with E-state index in [4.69, 9.17) is 11.6 Å². The Balaban J connectivity index is 2.22. The van der Waals surface area contributed by atoms with Crippen LogP contribution in [-0.2, 0) is 9.84 Å². The number of nitrogens with one attached hydrogen (secondary N) is 1. The molecule has 0 fully saturated rings. The Hall–Kier alpha value is -1.85. The van der Waals surface area contributed by atoms with E-state index in [0.29, 0.717) is 17.0 Å². The normalized spacial score (nSPS) is 12.7. The number of rotatable bonds is 5. The third-order valence-corrected chi connectivity index (χ3v) is 4.87. The van der Waals surface area contributed by atoms with Gasteiger partial charge >= 0.3 is 0 Å². The van der Waals surface area contributed by atoms with Crippen molar-refractivity contribution >= 4 is 27.3 Å². The summed E-state index contributed by atoms with van der Waals surface area (Å²) in [6.07, 6.45) is 1.83. The van der Waals surface area contributed by atoms with E-state index in [1.807, 2.05) is 19.1 Å². The topological polar surface area (TPSA) is 63.2 Å². The molecular formula is C17H18ClNO3S. The van der Waals surface area contributed by atoms with Gasteiger partial charge in [0.1, 0.15) is 0 Å². The van der Waals surface area contributed by atoms with E-state index in [0.717, 1.165) is 11.8 Å². The molecule has 6 heteroatoms. The maximum Gasteiger partial charge on any atom is 0.251 e. The maximum absolute atomic E-state index is 12.4. The molecule has 0 spiro atoms. The lowest BCUT2D eigenvalue weighted by atomic mass is 10.0. The van der Waals surface area contributed by atoms with Crippen LogP contribution in [0.25, 0.3) is 0 Å². The van der Waals surface area contributed by atoms with Crippen molar-refractivity contribution in [2.24, 2.45) is 0 Å². The molecule has 0 aliphatic heterocycles. The Kier molecular flexibility index (Phi) is 5.44. The van der Waals surface area contributed by atoms with Crippen LogP contribution in [0.3, 0.4) is 0 Å². The lowest BCUT2D eigenvalue weighted by Gasteiger charge is -2.18. The molecular weight excluding hydrogens is 334 g/mol. The van der Waals surface area contributed by atoms with Gasteiger partial charge in [-0.25, -0.2) is 8.42 Å². The first kappa shape index (κ1) is 17.5. The SMILES string of the molecule is CCC(NC(=O)c1cccc(S(C)(=O)=O)c1)c1ccc(Cl)cc1. The largest absolute Gasteiger partial charge is 0.345 e. The van der Waals surface area contributed by atoms with Crippen molar-refractivity contribution in [2.75, 3.05) is 6.26 Å². The summed E-state index contributed by atoms with van der Waals surface area (Å²) in [6.45, 7) is 1.96. The minimum absolute atomic E-state index is 0.129. The summed E-state index contributed by atoms with van der Waals surface area (Å²) in [5, 5.41) is 3.56. The summed E-state index contributed by atoms with van der Waals surface area (Å²) in [5.74, 6) is -0.308. The van der Waals surface area contributed by atoms with E-state index < -0.39 is 9.84 Å². The minimum atomic E-state index is -3.34. The molecule has 0 aliphatic carbocycles. The Labute approximate surface area is 141 Å². The fourth-order valence-electron chi connectivity index (χ4n) is 2.23. The smallest absolute Gasteiger partial charge is 0.251 e. The summed E-state index contributed by atoms with van der Waals surface area (Å²) in [7, 11) is -3.34. The second-order valence-corrected chi connectivity index (χ2v) is 7.74. The van der Waals surface area contributed by atoms with E-state index in [1.165, 1.54) is 12.1 Å². The van der Waals surface area contributed by atoms with Crippen molar-refractivity contribution in [3.8, 4) is 0 Å². The zero-order chi connectivity index (χ0) is 17.0. The highest BCUT2D eigenvalue weighted by atomic mass is 35.5. The summed E-state index contributed by atoms with van der Waals surface area (Å²) < 4.78 is 23.2. The number of hydrogen-bond acceptors (Lipinski definition) is 3. The molecule has 2 aromatic carbocycles. The summed E-state index contributed by atoms with van der Waals surface area (Å²) in [6, 6.07) is 13.1. The summed E-state index contributed by atoms with van der Waals surface area (Å²) in [4.78, 5) is 12.5. The lowest BCUT2D eigenvalue weighted by molar-refractivity contribution is 0.0935. The number of halogens is 1. The van der Waals surface area contributed by atoms with Crippen molar-refractivity contribution in [3.05, 3.63) is 64.7 Å². The van der Waals surface area contributed by atoms with Crippen LogP contribution in [0.1, 0.15) is 35.3 Å². The predicted octanol–water partition coefficient (Wildman–Crippen LogP) is 3.62. The molecule has 0 saturated heterocycles. The maximum atomic E-state index is 12.4. The van der Waals surface area contributed by atoms with Gasteiger partial charge in [-0.3, -0.25) is 4.79 Å². The zero-order valence-electron chi connectivity index (χ0n) is 12.9. The van der Waals surface area contributed by atoms with Crippen molar-refractivity contribution in [2.45, 2.75) is 24.3 Å².